The number of aliphatic carboxylic acids is 1. The van der Waals surface area contributed by atoms with Gasteiger partial charge in [0.05, 0.1) is 18.3 Å². The van der Waals surface area contributed by atoms with Crippen LogP contribution in [0.3, 0.4) is 0 Å². The van der Waals surface area contributed by atoms with Crippen LogP contribution in [0.25, 0.3) is 16.7 Å². The molecule has 17 N–H and O–H groups in total. The highest BCUT2D eigenvalue weighted by Crippen LogP contribution is 2.34. The molecule has 0 spiro atoms. The maximum Gasteiger partial charge on any atom is 0.326 e. The molecule has 8 unspecified atom stereocenters. The molecule has 0 aliphatic carbocycles. The predicted octanol–water partition coefficient (Wildman–Crippen LogP) is -2.34. The summed E-state index contributed by atoms with van der Waals surface area (Å²) in [4.78, 5) is 135. The second-order valence-corrected chi connectivity index (χ2v) is 19.5. The molecule has 6 rings (SSSR count). The fraction of sp³-hybridized carbons (Fsp3) is 0.553. The van der Waals surface area contributed by atoms with Gasteiger partial charge in [0.25, 0.3) is 0 Å². The Kier molecular flexibility index (Phi) is 18.8. The van der Waals surface area contributed by atoms with E-state index in [2.05, 4.69) is 52.2 Å². The zero-order valence-corrected chi connectivity index (χ0v) is 41.4. The van der Waals surface area contributed by atoms with Crippen molar-refractivity contribution in [3.05, 3.63) is 47.5 Å². The largest absolute Gasteiger partial charge is 0.480 e. The minimum Gasteiger partial charge on any atom is -0.480 e. The second kappa shape index (κ2) is 24.5. The number of nitrogens with one attached hydrogen (secondary N) is 8. The number of amides is 8. The Morgan fingerprint density at radius 1 is 0.861 bits per heavy atom. The number of nitrogens with zero attached hydrogens (tertiary/aromatic N) is 3. The van der Waals surface area contributed by atoms with Gasteiger partial charge >= 0.3 is 5.97 Å². The minimum absolute atomic E-state index is 0.0432. The number of imidazole rings is 1. The molecule has 8 atom stereocenters. The molecule has 0 saturated heterocycles. The van der Waals surface area contributed by atoms with Crippen LogP contribution < -0.4 is 60.2 Å². The Morgan fingerprint density at radius 3 is 2.21 bits per heavy atom. The van der Waals surface area contributed by atoms with Gasteiger partial charge in [-0.15, -0.1) is 0 Å². The Balaban J connectivity index is 1.77. The number of carboxylic acids is 1. The number of nitrogens with two attached hydrogens (primary N) is 4. The fourth-order valence-corrected chi connectivity index (χ4v) is 8.87. The monoisotopic (exact) mass is 1000 g/mol. The van der Waals surface area contributed by atoms with E-state index in [4.69, 9.17) is 22.9 Å². The van der Waals surface area contributed by atoms with Crippen LogP contribution in [-0.2, 0) is 56.0 Å². The molecule has 0 saturated carbocycles. The van der Waals surface area contributed by atoms with Gasteiger partial charge in [-0.2, -0.15) is 0 Å². The smallest absolute Gasteiger partial charge is 0.326 e. The molecule has 25 nitrogen and oxygen atoms in total. The van der Waals surface area contributed by atoms with Crippen LogP contribution in [0.15, 0.2) is 35.7 Å². The number of aromatic amines is 1. The first-order valence-electron chi connectivity index (χ1n) is 24.0. The van der Waals surface area contributed by atoms with Crippen molar-refractivity contribution in [2.24, 2.45) is 45.7 Å². The van der Waals surface area contributed by atoms with Gasteiger partial charge in [-0.05, 0) is 55.1 Å². The summed E-state index contributed by atoms with van der Waals surface area (Å²) in [6.45, 7) is 10.2. The van der Waals surface area contributed by atoms with Gasteiger partial charge in [0.2, 0.25) is 47.3 Å². The average Bonchev–Trinajstić information content (AvgIpc) is 3.91. The van der Waals surface area contributed by atoms with Crippen molar-refractivity contribution >= 4 is 70.1 Å². The molecular formula is C47H69N15O10. The number of hydrogen-bond donors (Lipinski definition) is 13. The van der Waals surface area contributed by atoms with Crippen LogP contribution in [0.2, 0.25) is 0 Å². The van der Waals surface area contributed by atoms with Crippen LogP contribution >= 0.6 is 0 Å². The molecule has 1 aromatic carbocycles. The number of H-pyrrole nitrogens is 1. The fourth-order valence-electron chi connectivity index (χ4n) is 8.87. The molecule has 7 bridgehead atoms. The SMILES string of the molecule is CC(C)CC1NC(=O)C(NC(=O)C(N)CCC(N)=O)C(C(C)C)c2ccc3c4c([nH]c3c2)-n2cnc(c2)CC(C(=O)O)NC(=O)CNC(=O)C(CCCN=C(N)N)NC(=O)C(C4)NC(=O)C(C(C)C)NC1=O. The third-order valence-corrected chi connectivity index (χ3v) is 12.6. The molecule has 392 valence electrons. The highest BCUT2D eigenvalue weighted by Gasteiger charge is 2.39. The number of benzene rings is 1. The standard InChI is InChI=1S/C47H69N15O10/c1-21(2)14-31-43(68)60-37(23(5)6)44(69)59-32-17-27-26-10-9-24(36(22(3)4)38(45(70)58-31)61-40(65)28(48)11-12-34(49)63)15-30(26)56-39(27)62-19-25(54-20-62)16-33(46(71)72)55-35(64)18-53-41(66)29(57-42(32)67)8-7-13-52-47(50)51/h9-10,15,19-23,28-29,31-33,36-38,56H,7-8,11-14,16-18,48H2,1-6H3,(H2,49,63)(H,53,66)(H,55,64)(H,57,67)(H,58,70)(H,59,69)(H,60,68)(H,61,65)(H,71,72)(H4,50,51,52). The number of carboxylic acid groups (broad SMARTS) is 1. The lowest BCUT2D eigenvalue weighted by molar-refractivity contribution is -0.141. The molecule has 3 aliphatic rings. The highest BCUT2D eigenvalue weighted by atomic mass is 16.4. The predicted molar refractivity (Wildman–Crippen MR) is 263 cm³/mol. The van der Waals surface area contributed by atoms with Crippen molar-refractivity contribution in [1.29, 1.82) is 0 Å². The van der Waals surface area contributed by atoms with Gasteiger partial charge in [-0.25, -0.2) is 9.78 Å². The van der Waals surface area contributed by atoms with Crippen molar-refractivity contribution in [2.75, 3.05) is 13.1 Å². The number of fused-ring (bicyclic) bond motifs is 13. The molecule has 3 aliphatic heterocycles. The van der Waals surface area contributed by atoms with E-state index in [-0.39, 0.29) is 75.0 Å². The highest BCUT2D eigenvalue weighted by molar-refractivity contribution is 5.99. The number of carbonyl (C=O) groups is 9. The van der Waals surface area contributed by atoms with Crippen molar-refractivity contribution in [1.82, 2.24) is 51.8 Å². The maximum absolute atomic E-state index is 14.8. The zero-order chi connectivity index (χ0) is 53.1. The Morgan fingerprint density at radius 2 is 1.57 bits per heavy atom. The van der Waals surface area contributed by atoms with Gasteiger partial charge in [0.1, 0.15) is 48.4 Å². The van der Waals surface area contributed by atoms with E-state index >= 15 is 0 Å². The number of rotatable bonds is 14. The number of aromatic nitrogens is 3. The lowest BCUT2D eigenvalue weighted by Gasteiger charge is -2.33. The van der Waals surface area contributed by atoms with E-state index in [1.54, 1.807) is 36.6 Å². The van der Waals surface area contributed by atoms with Gasteiger partial charge in [-0.3, -0.25) is 47.9 Å². The van der Waals surface area contributed by atoms with Crippen molar-refractivity contribution in [3.8, 4) is 5.82 Å². The van der Waals surface area contributed by atoms with Gasteiger partial charge in [-0.1, -0.05) is 53.7 Å². The molecule has 0 radical (unpaired) electrons. The first kappa shape index (κ1) is 55.4. The lowest BCUT2D eigenvalue weighted by Crippen LogP contribution is -2.61. The molecule has 72 heavy (non-hydrogen) atoms. The van der Waals surface area contributed by atoms with E-state index in [0.717, 1.165) is 0 Å². The molecule has 2 aromatic heterocycles. The molecule has 8 amide bonds. The minimum atomic E-state index is -1.47. The zero-order valence-electron chi connectivity index (χ0n) is 41.4. The maximum atomic E-state index is 14.8. The third-order valence-electron chi connectivity index (χ3n) is 12.6. The number of aliphatic imine (C=N–C) groups is 1. The van der Waals surface area contributed by atoms with Crippen LogP contribution in [-0.4, -0.2) is 134 Å². The summed E-state index contributed by atoms with van der Waals surface area (Å²) in [5, 5.41) is 29.5. The molecule has 5 heterocycles. The van der Waals surface area contributed by atoms with Gasteiger partial charge in [0.15, 0.2) is 5.96 Å². The van der Waals surface area contributed by atoms with Gasteiger partial charge in [0, 0.05) is 54.4 Å². The first-order valence-corrected chi connectivity index (χ1v) is 24.0. The second-order valence-electron chi connectivity index (χ2n) is 19.5. The van der Waals surface area contributed by atoms with Crippen molar-refractivity contribution in [3.63, 3.8) is 0 Å². The third kappa shape index (κ3) is 14.5. The number of carbonyl (C=O) groups excluding carboxylic acids is 8. The summed E-state index contributed by atoms with van der Waals surface area (Å²) in [5.41, 5.74) is 24.3. The Hall–Kier alpha value is -7.57. The van der Waals surface area contributed by atoms with Crippen molar-refractivity contribution in [2.45, 2.75) is 135 Å². The molecule has 3 aromatic rings. The number of guanidine groups is 1. The van der Waals surface area contributed by atoms with Crippen LogP contribution in [0.5, 0.6) is 0 Å². The van der Waals surface area contributed by atoms with E-state index in [1.807, 2.05) is 27.7 Å². The van der Waals surface area contributed by atoms with E-state index in [1.165, 1.54) is 12.5 Å². The van der Waals surface area contributed by atoms with E-state index in [0.29, 0.717) is 27.8 Å². The summed E-state index contributed by atoms with van der Waals surface area (Å²) in [6.07, 6.45) is 2.38. The average molecular weight is 1000 g/mol. The molecular weight excluding hydrogens is 935 g/mol. The summed E-state index contributed by atoms with van der Waals surface area (Å²) in [7, 11) is 0. The summed E-state index contributed by atoms with van der Waals surface area (Å²) < 4.78 is 1.56. The summed E-state index contributed by atoms with van der Waals surface area (Å²) in [5.74, 6) is -9.28. The summed E-state index contributed by atoms with van der Waals surface area (Å²) in [6, 6.07) is -4.09. The number of primary amides is 1. The normalized spacial score (nSPS) is 23.1. The van der Waals surface area contributed by atoms with Crippen molar-refractivity contribution < 1.29 is 48.3 Å². The van der Waals surface area contributed by atoms with E-state index in [9.17, 15) is 48.3 Å². The first-order chi connectivity index (χ1) is 33.9. The van der Waals surface area contributed by atoms with Crippen LogP contribution in [0, 0.1) is 17.8 Å². The number of hydrogen-bond acceptors (Lipinski definition) is 12. The summed E-state index contributed by atoms with van der Waals surface area (Å²) >= 11 is 0. The van der Waals surface area contributed by atoms with Crippen LogP contribution in [0.4, 0.5) is 0 Å². The van der Waals surface area contributed by atoms with E-state index < -0.39 is 114 Å². The Bertz CT molecular complexity index is 2550. The van der Waals surface area contributed by atoms with Crippen LogP contribution in [0.1, 0.15) is 96.4 Å². The quantitative estimate of drug-likeness (QED) is 0.0349. The molecule has 0 fully saturated rings. The Labute approximate surface area is 415 Å². The lowest BCUT2D eigenvalue weighted by atomic mass is 9.81. The van der Waals surface area contributed by atoms with Gasteiger partial charge < -0.3 is 70.2 Å². The molecule has 25 heteroatoms. The topological polar surface area (TPSA) is 408 Å².